The van der Waals surface area contributed by atoms with E-state index in [-0.39, 0.29) is 11.7 Å². The molecule has 5 heteroatoms. The second kappa shape index (κ2) is 6.83. The topological polar surface area (TPSA) is 72.0 Å². The van der Waals surface area contributed by atoms with Gasteiger partial charge >= 0.3 is 0 Å². The van der Waals surface area contributed by atoms with Crippen LogP contribution in [0.1, 0.15) is 27.6 Å². The molecule has 0 aliphatic carbocycles. The molecule has 1 amide bonds. The lowest BCUT2D eigenvalue weighted by Crippen LogP contribution is -2.12. The van der Waals surface area contributed by atoms with Crippen molar-refractivity contribution in [3.8, 4) is 11.4 Å². The van der Waals surface area contributed by atoms with Gasteiger partial charge in [0, 0.05) is 29.2 Å². The Balaban J connectivity index is 1.79. The van der Waals surface area contributed by atoms with E-state index in [9.17, 15) is 9.59 Å². The maximum Gasteiger partial charge on any atom is 0.255 e. The number of amides is 1. The first-order valence-corrected chi connectivity index (χ1v) is 7.43. The Bertz CT molecular complexity index is 875. The number of anilines is 1. The summed E-state index contributed by atoms with van der Waals surface area (Å²) in [5.74, 6) is -0.257. The van der Waals surface area contributed by atoms with E-state index in [1.165, 1.54) is 6.92 Å². The van der Waals surface area contributed by atoms with Gasteiger partial charge in [-0.3, -0.25) is 19.6 Å². The zero-order chi connectivity index (χ0) is 16.9. The molecular formula is C19H15N3O2. The molecule has 0 unspecified atom stereocenters. The maximum absolute atomic E-state index is 12.4. The van der Waals surface area contributed by atoms with E-state index in [2.05, 4.69) is 15.3 Å². The Hall–Kier alpha value is -3.34. The van der Waals surface area contributed by atoms with Crippen LogP contribution < -0.4 is 5.32 Å². The molecule has 2 aromatic heterocycles. The summed E-state index contributed by atoms with van der Waals surface area (Å²) < 4.78 is 0. The lowest BCUT2D eigenvalue weighted by Gasteiger charge is -2.07. The Labute approximate surface area is 139 Å². The summed E-state index contributed by atoms with van der Waals surface area (Å²) in [4.78, 5) is 32.1. The Morgan fingerprint density at radius 1 is 0.833 bits per heavy atom. The first-order chi connectivity index (χ1) is 11.6. The number of hydrogen-bond donors (Lipinski definition) is 1. The summed E-state index contributed by atoms with van der Waals surface area (Å²) in [6, 6.07) is 15.6. The SMILES string of the molecule is CC(=O)c1ccc(NC(=O)c2ccnc(-c3ccccn3)c2)cc1. The van der Waals surface area contributed by atoms with Crippen molar-refractivity contribution >= 4 is 17.4 Å². The zero-order valence-electron chi connectivity index (χ0n) is 13.1. The molecule has 3 rings (SSSR count). The molecule has 5 nitrogen and oxygen atoms in total. The normalized spacial score (nSPS) is 10.2. The van der Waals surface area contributed by atoms with Gasteiger partial charge in [0.25, 0.3) is 5.91 Å². The third-order valence-corrected chi connectivity index (χ3v) is 3.50. The molecular weight excluding hydrogens is 302 g/mol. The summed E-state index contributed by atoms with van der Waals surface area (Å²) in [7, 11) is 0. The van der Waals surface area contributed by atoms with Crippen LogP contribution in [-0.4, -0.2) is 21.7 Å². The number of nitrogens with zero attached hydrogens (tertiary/aromatic N) is 2. The maximum atomic E-state index is 12.4. The van der Waals surface area contributed by atoms with Gasteiger partial charge in [-0.2, -0.15) is 0 Å². The standard InChI is InChI=1S/C19H15N3O2/c1-13(23)14-5-7-16(8-6-14)22-19(24)15-9-11-21-18(12-15)17-4-2-3-10-20-17/h2-12H,1H3,(H,22,24). The average Bonchev–Trinajstić information content (AvgIpc) is 2.63. The van der Waals surface area contributed by atoms with Gasteiger partial charge in [-0.1, -0.05) is 6.07 Å². The van der Waals surface area contributed by atoms with E-state index in [4.69, 9.17) is 0 Å². The number of carbonyl (C=O) groups is 2. The number of carbonyl (C=O) groups excluding carboxylic acids is 2. The number of benzene rings is 1. The van der Waals surface area contributed by atoms with Crippen LogP contribution in [-0.2, 0) is 0 Å². The van der Waals surface area contributed by atoms with Crippen molar-refractivity contribution in [2.24, 2.45) is 0 Å². The predicted octanol–water partition coefficient (Wildman–Crippen LogP) is 3.60. The molecule has 3 aromatic rings. The number of rotatable bonds is 4. The molecule has 118 valence electrons. The minimum Gasteiger partial charge on any atom is -0.322 e. The highest BCUT2D eigenvalue weighted by Gasteiger charge is 2.09. The van der Waals surface area contributed by atoms with Crippen LogP contribution in [0.4, 0.5) is 5.69 Å². The van der Waals surface area contributed by atoms with Gasteiger partial charge in [0.05, 0.1) is 11.4 Å². The van der Waals surface area contributed by atoms with Gasteiger partial charge in [-0.05, 0) is 55.5 Å². The van der Waals surface area contributed by atoms with Gasteiger partial charge in [0.15, 0.2) is 5.78 Å². The third kappa shape index (κ3) is 3.52. The van der Waals surface area contributed by atoms with Crippen LogP contribution in [0.3, 0.4) is 0 Å². The highest BCUT2D eigenvalue weighted by Crippen LogP contribution is 2.16. The fourth-order valence-electron chi connectivity index (χ4n) is 2.22. The summed E-state index contributed by atoms with van der Waals surface area (Å²) in [5.41, 5.74) is 3.06. The van der Waals surface area contributed by atoms with Crippen LogP contribution in [0, 0.1) is 0 Å². The van der Waals surface area contributed by atoms with Crippen LogP contribution >= 0.6 is 0 Å². The summed E-state index contributed by atoms with van der Waals surface area (Å²) in [5, 5.41) is 2.80. The molecule has 0 fully saturated rings. The molecule has 0 aliphatic heterocycles. The molecule has 0 spiro atoms. The molecule has 1 aromatic carbocycles. The first kappa shape index (κ1) is 15.6. The smallest absolute Gasteiger partial charge is 0.255 e. The van der Waals surface area contributed by atoms with Crippen molar-refractivity contribution < 1.29 is 9.59 Å². The minimum atomic E-state index is -0.245. The molecule has 0 saturated carbocycles. The van der Waals surface area contributed by atoms with Crippen molar-refractivity contribution in [3.05, 3.63) is 78.1 Å². The molecule has 0 atom stereocenters. The third-order valence-electron chi connectivity index (χ3n) is 3.50. The quantitative estimate of drug-likeness (QED) is 0.746. The molecule has 0 bridgehead atoms. The van der Waals surface area contributed by atoms with E-state index in [0.29, 0.717) is 28.2 Å². The average molecular weight is 317 g/mol. The Morgan fingerprint density at radius 3 is 2.25 bits per heavy atom. The summed E-state index contributed by atoms with van der Waals surface area (Å²) >= 11 is 0. The largest absolute Gasteiger partial charge is 0.322 e. The number of hydrogen-bond acceptors (Lipinski definition) is 4. The zero-order valence-corrected chi connectivity index (χ0v) is 13.1. The van der Waals surface area contributed by atoms with Crippen molar-refractivity contribution in [2.75, 3.05) is 5.32 Å². The van der Waals surface area contributed by atoms with Crippen molar-refractivity contribution in [3.63, 3.8) is 0 Å². The Morgan fingerprint density at radius 2 is 1.58 bits per heavy atom. The van der Waals surface area contributed by atoms with E-state index >= 15 is 0 Å². The highest BCUT2D eigenvalue weighted by atomic mass is 16.1. The summed E-state index contributed by atoms with van der Waals surface area (Å²) in [6.07, 6.45) is 3.26. The minimum absolute atomic E-state index is 0.0120. The van der Waals surface area contributed by atoms with E-state index in [1.54, 1.807) is 48.8 Å². The molecule has 1 N–H and O–H groups in total. The van der Waals surface area contributed by atoms with Gasteiger partial charge in [-0.25, -0.2) is 0 Å². The molecule has 0 radical (unpaired) electrons. The number of nitrogens with one attached hydrogen (secondary N) is 1. The van der Waals surface area contributed by atoms with Gasteiger partial charge < -0.3 is 5.32 Å². The second-order valence-electron chi connectivity index (χ2n) is 5.23. The van der Waals surface area contributed by atoms with Crippen LogP contribution in [0.25, 0.3) is 11.4 Å². The van der Waals surface area contributed by atoms with Crippen molar-refractivity contribution in [1.82, 2.24) is 9.97 Å². The lowest BCUT2D eigenvalue weighted by molar-refractivity contribution is 0.101. The molecule has 0 saturated heterocycles. The summed E-state index contributed by atoms with van der Waals surface area (Å²) in [6.45, 7) is 1.50. The number of pyridine rings is 2. The highest BCUT2D eigenvalue weighted by molar-refractivity contribution is 6.05. The fourth-order valence-corrected chi connectivity index (χ4v) is 2.22. The van der Waals surface area contributed by atoms with Gasteiger partial charge in [-0.15, -0.1) is 0 Å². The lowest BCUT2D eigenvalue weighted by atomic mass is 10.1. The van der Waals surface area contributed by atoms with E-state index < -0.39 is 0 Å². The number of ketones is 1. The fraction of sp³-hybridized carbons (Fsp3) is 0.0526. The molecule has 0 aliphatic rings. The molecule has 24 heavy (non-hydrogen) atoms. The van der Waals surface area contributed by atoms with E-state index in [0.717, 1.165) is 0 Å². The molecule has 2 heterocycles. The predicted molar refractivity (Wildman–Crippen MR) is 91.9 cm³/mol. The first-order valence-electron chi connectivity index (χ1n) is 7.43. The van der Waals surface area contributed by atoms with Gasteiger partial charge in [0.2, 0.25) is 0 Å². The van der Waals surface area contributed by atoms with Crippen LogP contribution in [0.5, 0.6) is 0 Å². The van der Waals surface area contributed by atoms with Gasteiger partial charge in [0.1, 0.15) is 0 Å². The second-order valence-corrected chi connectivity index (χ2v) is 5.23. The number of aromatic nitrogens is 2. The Kier molecular flexibility index (Phi) is 4.43. The van der Waals surface area contributed by atoms with E-state index in [1.807, 2.05) is 18.2 Å². The monoisotopic (exact) mass is 317 g/mol. The van der Waals surface area contributed by atoms with Crippen molar-refractivity contribution in [1.29, 1.82) is 0 Å². The number of Topliss-reactive ketones (excluding diaryl/α,β-unsaturated/α-hetero) is 1. The van der Waals surface area contributed by atoms with Crippen molar-refractivity contribution in [2.45, 2.75) is 6.92 Å². The van der Waals surface area contributed by atoms with Crippen LogP contribution in [0.15, 0.2) is 67.0 Å². The van der Waals surface area contributed by atoms with Crippen LogP contribution in [0.2, 0.25) is 0 Å².